The summed E-state index contributed by atoms with van der Waals surface area (Å²) in [6, 6.07) is 85.5. The number of imidazole rings is 1. The van der Waals surface area contributed by atoms with Gasteiger partial charge in [-0.15, -0.1) is 89.5 Å². The molecule has 5 aromatic heterocycles. The van der Waals surface area contributed by atoms with Crippen molar-refractivity contribution in [3.63, 3.8) is 0 Å². The number of fused-ring (bicyclic) bond motifs is 4. The van der Waals surface area contributed by atoms with E-state index in [2.05, 4.69) is 241 Å². The minimum Gasteiger partial charge on any atom is -0.501 e. The number of rotatable bonds is 16. The smallest absolute Gasteiger partial charge is 0.501 e. The summed E-state index contributed by atoms with van der Waals surface area (Å²) in [5, 5.41) is 2.15. The number of aryl methyl sites for hydroxylation is 4. The molecule has 14 aromatic rings. The van der Waals surface area contributed by atoms with E-state index in [1.54, 1.807) is 0 Å². The first-order chi connectivity index (χ1) is 46.0. The van der Waals surface area contributed by atoms with Gasteiger partial charge in [-0.2, -0.15) is 0 Å². The van der Waals surface area contributed by atoms with Crippen LogP contribution in [0.25, 0.3) is 95.1 Å². The molecule has 0 radical (unpaired) electrons. The van der Waals surface area contributed by atoms with E-state index in [-0.39, 0.29) is 42.8 Å². The molecule has 0 saturated carbocycles. The first-order valence-electron chi connectivity index (χ1n) is 33.0. The van der Waals surface area contributed by atoms with Gasteiger partial charge in [-0.05, 0) is 149 Å². The Morgan fingerprint density at radius 1 is 0.458 bits per heavy atom. The minimum absolute atomic E-state index is 0. The standard InChI is InChI=1S/C48H48N5O.C38H30N2O.Ir/c1-28(2)36-26-32(30-22-24-31(25-23-30)43-50-45(47(5,6)7)52-46(51-43)48(8,9)10)27-37(29(3)4)41(36)53-39-20-13-12-19-38(39)49-44(53)35-18-15-17-34-33-16-11-14-21-40(33)54-42(34)35;1-2-12-33(13-3-1)38-28-32(22-24-40-38)21-20-31-11-8-16-36(27-31)41-35-15-7-10-30(26-35)19-18-29-9-6-14-34(25-29)37-17-4-5-23-39-37;/h11-17,19-29H,1-10H3;1-12,15-17,22-28H,18-21H2;/q-1;-2;+3. The Bertz CT molecular complexity index is 4830. The van der Waals surface area contributed by atoms with E-state index in [4.69, 9.17) is 29.1 Å². The van der Waals surface area contributed by atoms with Gasteiger partial charge in [0.25, 0.3) is 0 Å². The van der Waals surface area contributed by atoms with Crippen molar-refractivity contribution in [2.24, 2.45) is 0 Å². The Labute approximate surface area is 578 Å². The molecule has 96 heavy (non-hydrogen) atoms. The molecule has 0 amide bonds. The van der Waals surface area contributed by atoms with Crippen LogP contribution in [0.3, 0.4) is 0 Å². The van der Waals surface area contributed by atoms with E-state index >= 15 is 0 Å². The van der Waals surface area contributed by atoms with Crippen molar-refractivity contribution in [1.29, 1.82) is 0 Å². The maximum atomic E-state index is 6.55. The Balaban J connectivity index is 0.000000188. The third-order valence-electron chi connectivity index (χ3n) is 17.3. The van der Waals surface area contributed by atoms with Crippen molar-refractivity contribution in [3.05, 3.63) is 294 Å². The van der Waals surface area contributed by atoms with Gasteiger partial charge < -0.3 is 23.7 Å². The van der Waals surface area contributed by atoms with Gasteiger partial charge >= 0.3 is 20.1 Å². The first-order valence-corrected chi connectivity index (χ1v) is 33.0. The molecular formula is C86H78IrN7O2. The van der Waals surface area contributed by atoms with Crippen molar-refractivity contribution in [2.45, 2.75) is 118 Å². The molecule has 14 rings (SSSR count). The fraction of sp³-hybridized carbons (Fsp3) is 0.209. The summed E-state index contributed by atoms with van der Waals surface area (Å²) in [7, 11) is 0. The predicted octanol–water partition coefficient (Wildman–Crippen LogP) is 21.5. The number of benzene rings is 9. The maximum absolute atomic E-state index is 6.55. The van der Waals surface area contributed by atoms with Crippen molar-refractivity contribution >= 4 is 33.0 Å². The molecule has 0 fully saturated rings. The number of furan rings is 1. The molecular weight excluding hydrogens is 1360 g/mol. The van der Waals surface area contributed by atoms with Crippen molar-refractivity contribution in [3.8, 4) is 73.6 Å². The minimum atomic E-state index is -0.198. The number of para-hydroxylation sites is 3. The monoisotopic (exact) mass is 1430 g/mol. The molecule has 478 valence electrons. The van der Waals surface area contributed by atoms with E-state index in [0.29, 0.717) is 5.82 Å². The largest absolute Gasteiger partial charge is 3.00 e. The second-order valence-electron chi connectivity index (χ2n) is 27.2. The zero-order chi connectivity index (χ0) is 65.8. The van der Waals surface area contributed by atoms with Gasteiger partial charge in [-0.25, -0.2) is 15.0 Å². The van der Waals surface area contributed by atoms with Crippen LogP contribution in [0.4, 0.5) is 0 Å². The third kappa shape index (κ3) is 14.8. The molecule has 0 unspecified atom stereocenters. The Morgan fingerprint density at radius 2 is 1.05 bits per heavy atom. The van der Waals surface area contributed by atoms with Crippen LogP contribution in [0.15, 0.2) is 235 Å². The number of pyridine rings is 2. The normalized spacial score (nSPS) is 11.7. The van der Waals surface area contributed by atoms with Crippen LogP contribution in [-0.2, 0) is 56.6 Å². The van der Waals surface area contributed by atoms with Crippen molar-refractivity contribution < 1.29 is 29.3 Å². The fourth-order valence-corrected chi connectivity index (χ4v) is 12.2. The molecule has 10 heteroatoms. The molecule has 0 aliphatic heterocycles. The molecule has 0 N–H and O–H groups in total. The maximum Gasteiger partial charge on any atom is 3.00 e. The van der Waals surface area contributed by atoms with E-state index < -0.39 is 0 Å². The number of ether oxygens (including phenoxy) is 1. The number of hydrogen-bond donors (Lipinski definition) is 0. The summed E-state index contributed by atoms with van der Waals surface area (Å²) in [5.74, 6) is 5.32. The van der Waals surface area contributed by atoms with Crippen LogP contribution >= 0.6 is 0 Å². The van der Waals surface area contributed by atoms with Gasteiger partial charge in [0.05, 0.1) is 22.4 Å². The second-order valence-corrected chi connectivity index (χ2v) is 27.2. The average Bonchev–Trinajstić information content (AvgIpc) is 1.55. The number of hydrogen-bond acceptors (Lipinski definition) is 8. The molecule has 5 heterocycles. The third-order valence-corrected chi connectivity index (χ3v) is 17.3. The van der Waals surface area contributed by atoms with Gasteiger partial charge in [0.1, 0.15) is 28.7 Å². The summed E-state index contributed by atoms with van der Waals surface area (Å²) in [5.41, 5.74) is 20.0. The summed E-state index contributed by atoms with van der Waals surface area (Å²) in [6.07, 6.45) is 7.42. The quantitative estimate of drug-likeness (QED) is 0.0881. The van der Waals surface area contributed by atoms with Gasteiger partial charge in [-0.3, -0.25) is 4.98 Å². The molecule has 0 saturated heterocycles. The SMILES string of the molecule is CC(C)c1cc(-c2ccc(-c3nc(C(C)(C)C)nc(C(C)(C)C)n3)cc2)cc(C(C)C)c1-n1c(-c2[c-]ccc3c2oc2ccccc23)nc2ccccc21.[Ir+3].[c-]1ccccc1-c1cc(CCc2cccc(Oc3cccc(CCc4cc[c-]c(-c5ccccn5)c4)c3)c2)ccn1. The van der Waals surface area contributed by atoms with Crippen LogP contribution in [0.1, 0.15) is 126 Å². The van der Waals surface area contributed by atoms with E-state index in [0.717, 1.165) is 127 Å². The molecule has 0 aliphatic rings. The van der Waals surface area contributed by atoms with Gasteiger partial charge in [0, 0.05) is 39.9 Å². The summed E-state index contributed by atoms with van der Waals surface area (Å²) >= 11 is 0. The number of nitrogens with zero attached hydrogens (tertiary/aromatic N) is 7. The van der Waals surface area contributed by atoms with Crippen LogP contribution in [0.2, 0.25) is 0 Å². The summed E-state index contributed by atoms with van der Waals surface area (Å²) in [4.78, 5) is 29.1. The van der Waals surface area contributed by atoms with Crippen LogP contribution in [0, 0.1) is 18.2 Å². The zero-order valence-corrected chi connectivity index (χ0v) is 58.6. The molecule has 0 atom stereocenters. The van der Waals surface area contributed by atoms with E-state index in [1.807, 2.05) is 91.3 Å². The second kappa shape index (κ2) is 28.5. The van der Waals surface area contributed by atoms with Crippen molar-refractivity contribution in [2.75, 3.05) is 0 Å². The number of aromatic nitrogens is 7. The molecule has 0 bridgehead atoms. The van der Waals surface area contributed by atoms with Crippen molar-refractivity contribution in [1.82, 2.24) is 34.5 Å². The van der Waals surface area contributed by atoms with Crippen LogP contribution < -0.4 is 4.74 Å². The predicted molar refractivity (Wildman–Crippen MR) is 387 cm³/mol. The van der Waals surface area contributed by atoms with Gasteiger partial charge in [-0.1, -0.05) is 183 Å². The van der Waals surface area contributed by atoms with Gasteiger partial charge in [0.15, 0.2) is 5.82 Å². The van der Waals surface area contributed by atoms with E-state index in [9.17, 15) is 0 Å². The summed E-state index contributed by atoms with van der Waals surface area (Å²) < 4.78 is 15.2. The summed E-state index contributed by atoms with van der Waals surface area (Å²) in [6.45, 7) is 22.0. The Kier molecular flexibility index (Phi) is 19.6. The first kappa shape index (κ1) is 66.0. The topological polar surface area (TPSA) is 105 Å². The molecule has 9 nitrogen and oxygen atoms in total. The van der Waals surface area contributed by atoms with Gasteiger partial charge in [0.2, 0.25) is 0 Å². The van der Waals surface area contributed by atoms with Crippen LogP contribution in [-0.4, -0.2) is 34.5 Å². The fourth-order valence-electron chi connectivity index (χ4n) is 12.2. The Morgan fingerprint density at radius 3 is 1.70 bits per heavy atom. The molecule has 0 aliphatic carbocycles. The zero-order valence-electron chi connectivity index (χ0n) is 56.2. The van der Waals surface area contributed by atoms with Crippen LogP contribution in [0.5, 0.6) is 11.5 Å². The Hall–Kier alpha value is -9.99. The van der Waals surface area contributed by atoms with E-state index in [1.165, 1.54) is 44.6 Å². The average molecular weight is 1430 g/mol. The molecule has 9 aromatic carbocycles. The molecule has 0 spiro atoms.